The molecule has 0 aliphatic carbocycles. The van der Waals surface area contributed by atoms with Crippen molar-refractivity contribution in [3.63, 3.8) is 0 Å². The third-order valence-electron chi connectivity index (χ3n) is 3.39. The third kappa shape index (κ3) is 2.27. The van der Waals surface area contributed by atoms with Crippen molar-refractivity contribution < 1.29 is 4.79 Å². The minimum absolute atomic E-state index is 0.0772. The average molecular weight is 284 g/mol. The van der Waals surface area contributed by atoms with Gasteiger partial charge in [0.2, 0.25) is 5.91 Å². The van der Waals surface area contributed by atoms with Gasteiger partial charge in [-0.15, -0.1) is 0 Å². The molecule has 0 fully saturated rings. The Balaban J connectivity index is 2.17. The van der Waals surface area contributed by atoms with Crippen molar-refractivity contribution in [2.24, 2.45) is 5.84 Å². The number of hydrogen-bond acceptors (Lipinski definition) is 6. The molecule has 2 aromatic rings. The summed E-state index contributed by atoms with van der Waals surface area (Å²) in [6.07, 6.45) is 0. The second kappa shape index (κ2) is 5.02. The van der Waals surface area contributed by atoms with Crippen LogP contribution in [0.1, 0.15) is 11.4 Å². The molecule has 21 heavy (non-hydrogen) atoms. The maximum absolute atomic E-state index is 11.9. The average Bonchev–Trinajstić information content (AvgIpc) is 2.48. The number of benzene rings is 1. The second-order valence-electron chi connectivity index (χ2n) is 4.86. The van der Waals surface area contributed by atoms with Crippen molar-refractivity contribution >= 4 is 28.9 Å². The van der Waals surface area contributed by atoms with E-state index in [-0.39, 0.29) is 12.5 Å². The fourth-order valence-corrected chi connectivity index (χ4v) is 2.44. The topological polar surface area (TPSA) is 96.2 Å². The Bertz CT molecular complexity index is 715. The number of nitrogens with one attached hydrogen (secondary N) is 2. The number of hydrogen-bond donors (Lipinski definition) is 3. The molecule has 0 bridgehead atoms. The number of carbonyl (C=O) groups excluding carboxylic acids is 1. The van der Waals surface area contributed by atoms with Crippen LogP contribution in [0.5, 0.6) is 0 Å². The molecule has 3 rings (SSSR count). The molecule has 1 aliphatic heterocycles. The summed E-state index contributed by atoms with van der Waals surface area (Å²) in [4.78, 5) is 22.5. The van der Waals surface area contributed by atoms with Crippen LogP contribution in [0.4, 0.5) is 23.0 Å². The lowest BCUT2D eigenvalue weighted by Crippen LogP contribution is -2.36. The van der Waals surface area contributed by atoms with Gasteiger partial charge in [0, 0.05) is 5.56 Å². The highest BCUT2D eigenvalue weighted by Gasteiger charge is 2.26. The Morgan fingerprint density at radius 1 is 1.29 bits per heavy atom. The van der Waals surface area contributed by atoms with Gasteiger partial charge in [-0.05, 0) is 26.0 Å². The first-order chi connectivity index (χ1) is 10.1. The first-order valence-electron chi connectivity index (χ1n) is 6.58. The summed E-state index contributed by atoms with van der Waals surface area (Å²) in [6, 6.07) is 7.62. The van der Waals surface area contributed by atoms with Gasteiger partial charge in [-0.25, -0.2) is 15.8 Å². The van der Waals surface area contributed by atoms with E-state index in [0.717, 1.165) is 16.9 Å². The number of anilines is 4. The molecule has 0 saturated carbocycles. The van der Waals surface area contributed by atoms with Crippen LogP contribution in [0.2, 0.25) is 0 Å². The number of rotatable bonds is 2. The number of aromatic nitrogens is 2. The van der Waals surface area contributed by atoms with Crippen LogP contribution >= 0.6 is 0 Å². The van der Waals surface area contributed by atoms with E-state index >= 15 is 0 Å². The van der Waals surface area contributed by atoms with Gasteiger partial charge >= 0.3 is 0 Å². The molecule has 0 unspecified atom stereocenters. The van der Waals surface area contributed by atoms with Gasteiger partial charge in [0.15, 0.2) is 0 Å². The van der Waals surface area contributed by atoms with E-state index < -0.39 is 0 Å². The first-order valence-corrected chi connectivity index (χ1v) is 6.58. The van der Waals surface area contributed by atoms with Gasteiger partial charge in [-0.2, -0.15) is 0 Å². The van der Waals surface area contributed by atoms with E-state index in [2.05, 4.69) is 20.7 Å². The quantitative estimate of drug-likeness (QED) is 0.571. The highest BCUT2D eigenvalue weighted by molar-refractivity contribution is 6.03. The van der Waals surface area contributed by atoms with Crippen LogP contribution in [-0.4, -0.2) is 22.4 Å². The van der Waals surface area contributed by atoms with Crippen LogP contribution in [0.15, 0.2) is 24.3 Å². The lowest BCUT2D eigenvalue weighted by atomic mass is 10.1. The second-order valence-corrected chi connectivity index (χ2v) is 4.86. The molecular formula is C14H16N6O. The number of amides is 1. The minimum atomic E-state index is -0.0772. The van der Waals surface area contributed by atoms with Gasteiger partial charge in [-0.3, -0.25) is 4.79 Å². The summed E-state index contributed by atoms with van der Waals surface area (Å²) in [6.45, 7) is 3.87. The monoisotopic (exact) mass is 284 g/mol. The summed E-state index contributed by atoms with van der Waals surface area (Å²) in [7, 11) is 0. The molecule has 0 atom stereocenters. The number of nitrogens with zero attached hydrogens (tertiary/aromatic N) is 3. The normalized spacial score (nSPS) is 13.7. The van der Waals surface area contributed by atoms with E-state index in [9.17, 15) is 4.79 Å². The van der Waals surface area contributed by atoms with E-state index in [1.807, 2.05) is 36.1 Å². The van der Waals surface area contributed by atoms with Crippen molar-refractivity contribution in [2.45, 2.75) is 13.8 Å². The molecule has 1 amide bonds. The Morgan fingerprint density at radius 3 is 2.81 bits per heavy atom. The molecular weight excluding hydrogens is 268 g/mol. The summed E-state index contributed by atoms with van der Waals surface area (Å²) in [5.74, 6) is 7.25. The maximum Gasteiger partial charge on any atom is 0.244 e. The number of aryl methyl sites for hydroxylation is 1. The van der Waals surface area contributed by atoms with Crippen molar-refractivity contribution in [3.8, 4) is 0 Å². The number of hydrazine groups is 1. The number of carbonyl (C=O) groups is 1. The SMILES string of the molecule is Cc1nc(NN)c(C)c(N2CC(=O)Nc3ccccc32)n1. The Labute approximate surface area is 122 Å². The molecule has 108 valence electrons. The van der Waals surface area contributed by atoms with Crippen molar-refractivity contribution in [2.75, 3.05) is 22.2 Å². The number of fused-ring (bicyclic) bond motifs is 1. The molecule has 1 aromatic carbocycles. The van der Waals surface area contributed by atoms with Gasteiger partial charge < -0.3 is 15.6 Å². The van der Waals surface area contributed by atoms with Crippen LogP contribution in [0, 0.1) is 13.8 Å². The largest absolute Gasteiger partial charge is 0.323 e. The van der Waals surface area contributed by atoms with Crippen molar-refractivity contribution in [1.29, 1.82) is 0 Å². The van der Waals surface area contributed by atoms with Crippen LogP contribution in [0.25, 0.3) is 0 Å². The molecule has 0 radical (unpaired) electrons. The van der Waals surface area contributed by atoms with Crippen molar-refractivity contribution in [1.82, 2.24) is 9.97 Å². The lowest BCUT2D eigenvalue weighted by molar-refractivity contribution is -0.115. The molecule has 0 saturated heterocycles. The van der Waals surface area contributed by atoms with E-state index in [1.165, 1.54) is 0 Å². The molecule has 4 N–H and O–H groups in total. The van der Waals surface area contributed by atoms with Gasteiger partial charge in [-0.1, -0.05) is 12.1 Å². The molecule has 7 nitrogen and oxygen atoms in total. The smallest absolute Gasteiger partial charge is 0.244 e. The highest BCUT2D eigenvalue weighted by Crippen LogP contribution is 2.36. The van der Waals surface area contributed by atoms with Gasteiger partial charge in [0.25, 0.3) is 0 Å². The van der Waals surface area contributed by atoms with Crippen LogP contribution < -0.4 is 21.5 Å². The zero-order chi connectivity index (χ0) is 15.0. The highest BCUT2D eigenvalue weighted by atomic mass is 16.2. The van der Waals surface area contributed by atoms with Crippen LogP contribution in [-0.2, 0) is 4.79 Å². The Hall–Kier alpha value is -2.67. The standard InChI is InChI=1S/C14H16N6O/c1-8-13(19-15)16-9(2)17-14(8)20-7-12(21)18-10-5-3-4-6-11(10)20/h3-6H,7,15H2,1-2H3,(H,18,21)(H,16,17,19). The van der Waals surface area contributed by atoms with E-state index in [0.29, 0.717) is 17.5 Å². The molecule has 1 aromatic heterocycles. The van der Waals surface area contributed by atoms with E-state index in [4.69, 9.17) is 5.84 Å². The zero-order valence-corrected chi connectivity index (χ0v) is 11.8. The molecule has 2 heterocycles. The predicted molar refractivity (Wildman–Crippen MR) is 81.4 cm³/mol. The van der Waals surface area contributed by atoms with Crippen LogP contribution in [0.3, 0.4) is 0 Å². The zero-order valence-electron chi connectivity index (χ0n) is 11.8. The van der Waals surface area contributed by atoms with E-state index in [1.54, 1.807) is 6.92 Å². The van der Waals surface area contributed by atoms with Crippen molar-refractivity contribution in [3.05, 3.63) is 35.7 Å². The molecule has 7 heteroatoms. The van der Waals surface area contributed by atoms with Gasteiger partial charge in [0.1, 0.15) is 24.0 Å². The number of nitrogens with two attached hydrogens (primary N) is 1. The molecule has 0 spiro atoms. The number of nitrogen functional groups attached to an aromatic ring is 1. The fourth-order valence-electron chi connectivity index (χ4n) is 2.44. The fraction of sp³-hybridized carbons (Fsp3) is 0.214. The van der Waals surface area contributed by atoms with Gasteiger partial charge in [0.05, 0.1) is 11.4 Å². The summed E-state index contributed by atoms with van der Waals surface area (Å²) in [5, 5.41) is 2.86. The predicted octanol–water partition coefficient (Wildman–Crippen LogP) is 1.47. The summed E-state index contributed by atoms with van der Waals surface area (Å²) in [5.41, 5.74) is 5.05. The maximum atomic E-state index is 11.9. The Morgan fingerprint density at radius 2 is 2.05 bits per heavy atom. The third-order valence-corrected chi connectivity index (χ3v) is 3.39. The minimum Gasteiger partial charge on any atom is -0.323 e. The summed E-state index contributed by atoms with van der Waals surface area (Å²) < 4.78 is 0. The first kappa shape index (κ1) is 13.3. The summed E-state index contributed by atoms with van der Waals surface area (Å²) >= 11 is 0. The Kier molecular flexibility index (Phi) is 3.19. The molecule has 1 aliphatic rings. The number of para-hydroxylation sites is 2. The lowest BCUT2D eigenvalue weighted by Gasteiger charge is -2.31.